The summed E-state index contributed by atoms with van der Waals surface area (Å²) in [5.41, 5.74) is 2.07. The highest BCUT2D eigenvalue weighted by Crippen LogP contribution is 2.23. The second-order valence-electron chi connectivity index (χ2n) is 5.12. The Kier molecular flexibility index (Phi) is 6.17. The fourth-order valence-electron chi connectivity index (χ4n) is 2.10. The number of anilines is 1. The van der Waals surface area contributed by atoms with Crippen LogP contribution in [-0.2, 0) is 0 Å². The van der Waals surface area contributed by atoms with Crippen LogP contribution in [0, 0.1) is 13.8 Å². The smallest absolute Gasteiger partial charge is 0.337 e. The lowest BCUT2D eigenvalue weighted by Crippen LogP contribution is -2.34. The molecule has 0 fully saturated rings. The molecular weight excluding hydrogens is 270 g/mol. The van der Waals surface area contributed by atoms with E-state index in [1.54, 1.807) is 24.9 Å². The van der Waals surface area contributed by atoms with Crippen LogP contribution < -0.4 is 10.6 Å². The van der Waals surface area contributed by atoms with Crippen molar-refractivity contribution in [3.63, 3.8) is 0 Å². The van der Waals surface area contributed by atoms with E-state index in [4.69, 9.17) is 0 Å². The number of hydrogen-bond acceptors (Lipinski definition) is 3. The van der Waals surface area contributed by atoms with Gasteiger partial charge in [0.15, 0.2) is 0 Å². The van der Waals surface area contributed by atoms with Crippen molar-refractivity contribution in [2.45, 2.75) is 20.3 Å². The zero-order valence-electron chi connectivity index (χ0n) is 13.0. The standard InChI is InChI=1S/C15H23N3O3/c1-10-8-11(2)13(12(9-10)14(19)20)17-15(21)18(4)7-5-6-16-3/h8-9,16H,5-7H2,1-4H3,(H,17,21)(H,19,20). The lowest BCUT2D eigenvalue weighted by atomic mass is 10.0. The Hall–Kier alpha value is -2.08. The zero-order chi connectivity index (χ0) is 16.0. The highest BCUT2D eigenvalue weighted by Gasteiger charge is 2.17. The van der Waals surface area contributed by atoms with Gasteiger partial charge in [0, 0.05) is 13.6 Å². The molecule has 6 heteroatoms. The van der Waals surface area contributed by atoms with Gasteiger partial charge < -0.3 is 20.6 Å². The summed E-state index contributed by atoms with van der Waals surface area (Å²) in [6.07, 6.45) is 0.832. The van der Waals surface area contributed by atoms with Crippen LogP contribution in [0.2, 0.25) is 0 Å². The topological polar surface area (TPSA) is 81.7 Å². The summed E-state index contributed by atoms with van der Waals surface area (Å²) in [7, 11) is 3.55. The number of nitrogens with zero attached hydrogens (tertiary/aromatic N) is 1. The van der Waals surface area contributed by atoms with Gasteiger partial charge in [0.2, 0.25) is 0 Å². The Labute approximate surface area is 125 Å². The summed E-state index contributed by atoms with van der Waals surface area (Å²) < 4.78 is 0. The van der Waals surface area contributed by atoms with E-state index < -0.39 is 5.97 Å². The number of carboxylic acid groups (broad SMARTS) is 1. The number of urea groups is 1. The van der Waals surface area contributed by atoms with Crippen molar-refractivity contribution in [1.29, 1.82) is 0 Å². The minimum absolute atomic E-state index is 0.115. The quantitative estimate of drug-likeness (QED) is 0.701. The largest absolute Gasteiger partial charge is 0.478 e. The molecule has 1 rings (SSSR count). The maximum Gasteiger partial charge on any atom is 0.337 e. The lowest BCUT2D eigenvalue weighted by Gasteiger charge is -2.20. The third-order valence-corrected chi connectivity index (χ3v) is 3.21. The molecule has 116 valence electrons. The van der Waals surface area contributed by atoms with Crippen molar-refractivity contribution in [3.8, 4) is 0 Å². The fourth-order valence-corrected chi connectivity index (χ4v) is 2.10. The summed E-state index contributed by atoms with van der Waals surface area (Å²) in [6, 6.07) is 3.11. The molecule has 6 nitrogen and oxygen atoms in total. The molecule has 0 aliphatic heterocycles. The van der Waals surface area contributed by atoms with Crippen LogP contribution in [-0.4, -0.2) is 49.2 Å². The molecule has 1 aromatic carbocycles. The molecule has 0 radical (unpaired) electrons. The van der Waals surface area contributed by atoms with Gasteiger partial charge in [-0.1, -0.05) is 6.07 Å². The van der Waals surface area contributed by atoms with Crippen molar-refractivity contribution < 1.29 is 14.7 Å². The van der Waals surface area contributed by atoms with Crippen molar-refractivity contribution in [2.75, 3.05) is 32.5 Å². The number of carboxylic acids is 1. The third-order valence-electron chi connectivity index (χ3n) is 3.21. The van der Waals surface area contributed by atoms with Crippen molar-refractivity contribution >= 4 is 17.7 Å². The van der Waals surface area contributed by atoms with E-state index in [2.05, 4.69) is 10.6 Å². The van der Waals surface area contributed by atoms with Gasteiger partial charge in [0.05, 0.1) is 11.3 Å². The Morgan fingerprint density at radius 3 is 2.52 bits per heavy atom. The average molecular weight is 293 g/mol. The van der Waals surface area contributed by atoms with Gasteiger partial charge in [-0.05, 0) is 51.1 Å². The van der Waals surface area contributed by atoms with Gasteiger partial charge in [-0.25, -0.2) is 9.59 Å². The molecule has 0 aromatic heterocycles. The normalized spacial score (nSPS) is 10.3. The van der Waals surface area contributed by atoms with E-state index in [9.17, 15) is 14.7 Å². The van der Waals surface area contributed by atoms with E-state index in [1.807, 2.05) is 20.0 Å². The average Bonchev–Trinajstić information content (AvgIpc) is 2.41. The summed E-state index contributed by atoms with van der Waals surface area (Å²) in [5, 5.41) is 15.0. The van der Waals surface area contributed by atoms with Crippen LogP contribution in [0.25, 0.3) is 0 Å². The molecule has 1 aromatic rings. The lowest BCUT2D eigenvalue weighted by molar-refractivity contribution is 0.0698. The van der Waals surface area contributed by atoms with Crippen LogP contribution in [0.3, 0.4) is 0 Å². The number of nitrogens with one attached hydrogen (secondary N) is 2. The number of carbonyl (C=O) groups is 2. The number of benzene rings is 1. The van der Waals surface area contributed by atoms with E-state index in [1.165, 1.54) is 0 Å². The molecule has 2 amide bonds. The Morgan fingerprint density at radius 1 is 1.29 bits per heavy atom. The molecule has 0 saturated carbocycles. The Bertz CT molecular complexity index is 529. The Morgan fingerprint density at radius 2 is 1.95 bits per heavy atom. The first-order valence-electron chi connectivity index (χ1n) is 6.88. The first-order valence-corrected chi connectivity index (χ1v) is 6.88. The number of carbonyl (C=O) groups excluding carboxylic acids is 1. The van der Waals surface area contributed by atoms with Crippen LogP contribution in [0.15, 0.2) is 12.1 Å². The summed E-state index contributed by atoms with van der Waals surface area (Å²) >= 11 is 0. The van der Waals surface area contributed by atoms with Crippen LogP contribution in [0.4, 0.5) is 10.5 Å². The van der Waals surface area contributed by atoms with E-state index in [0.29, 0.717) is 12.2 Å². The van der Waals surface area contributed by atoms with Crippen molar-refractivity contribution in [3.05, 3.63) is 28.8 Å². The van der Waals surface area contributed by atoms with Gasteiger partial charge in [0.25, 0.3) is 0 Å². The summed E-state index contributed by atoms with van der Waals surface area (Å²) in [5.74, 6) is -1.05. The van der Waals surface area contributed by atoms with Gasteiger partial charge >= 0.3 is 12.0 Å². The number of rotatable bonds is 6. The molecule has 0 atom stereocenters. The van der Waals surface area contributed by atoms with Crippen LogP contribution in [0.1, 0.15) is 27.9 Å². The second kappa shape index (κ2) is 7.64. The molecule has 0 aliphatic rings. The van der Waals surface area contributed by atoms with Gasteiger partial charge in [-0.15, -0.1) is 0 Å². The number of amides is 2. The molecule has 0 heterocycles. The van der Waals surface area contributed by atoms with E-state index in [-0.39, 0.29) is 11.6 Å². The molecule has 0 spiro atoms. The van der Waals surface area contributed by atoms with Crippen LogP contribution >= 0.6 is 0 Å². The molecule has 3 N–H and O–H groups in total. The molecule has 21 heavy (non-hydrogen) atoms. The Balaban J connectivity index is 2.87. The molecule has 0 unspecified atom stereocenters. The maximum absolute atomic E-state index is 12.1. The SMILES string of the molecule is CNCCCN(C)C(=O)Nc1c(C)cc(C)cc1C(=O)O. The molecular formula is C15H23N3O3. The summed E-state index contributed by atoms with van der Waals surface area (Å²) in [4.78, 5) is 25.0. The minimum atomic E-state index is -1.05. The molecule has 0 aliphatic carbocycles. The monoisotopic (exact) mass is 293 g/mol. The van der Waals surface area contributed by atoms with Crippen molar-refractivity contribution in [1.82, 2.24) is 10.2 Å². The minimum Gasteiger partial charge on any atom is -0.478 e. The number of hydrogen-bond donors (Lipinski definition) is 3. The zero-order valence-corrected chi connectivity index (χ0v) is 13.0. The highest BCUT2D eigenvalue weighted by atomic mass is 16.4. The van der Waals surface area contributed by atoms with Gasteiger partial charge in [-0.3, -0.25) is 0 Å². The summed E-state index contributed by atoms with van der Waals surface area (Å²) in [6.45, 7) is 5.03. The van der Waals surface area contributed by atoms with Gasteiger partial charge in [0.1, 0.15) is 0 Å². The predicted molar refractivity (Wildman–Crippen MR) is 83.1 cm³/mol. The first kappa shape index (κ1) is 17.0. The highest BCUT2D eigenvalue weighted by molar-refractivity contribution is 6.01. The number of aromatic carboxylic acids is 1. The van der Waals surface area contributed by atoms with E-state index >= 15 is 0 Å². The van der Waals surface area contributed by atoms with Crippen LogP contribution in [0.5, 0.6) is 0 Å². The first-order chi connectivity index (χ1) is 9.86. The van der Waals surface area contributed by atoms with E-state index in [0.717, 1.165) is 24.1 Å². The second-order valence-corrected chi connectivity index (χ2v) is 5.12. The molecule has 0 saturated heterocycles. The fraction of sp³-hybridized carbons (Fsp3) is 0.467. The third kappa shape index (κ3) is 4.75. The predicted octanol–water partition coefficient (Wildman–Crippen LogP) is 2.07. The number of aryl methyl sites for hydroxylation is 2. The van der Waals surface area contributed by atoms with Crippen molar-refractivity contribution in [2.24, 2.45) is 0 Å². The molecule has 0 bridgehead atoms. The van der Waals surface area contributed by atoms with Gasteiger partial charge in [-0.2, -0.15) is 0 Å². The maximum atomic E-state index is 12.1.